The normalized spacial score (nSPS) is 20.7. The first kappa shape index (κ1) is 18.0. The second-order valence-corrected chi connectivity index (χ2v) is 7.54. The summed E-state index contributed by atoms with van der Waals surface area (Å²) in [7, 11) is 0. The highest BCUT2D eigenvalue weighted by molar-refractivity contribution is 5.36. The third kappa shape index (κ3) is 4.50. The molecule has 0 radical (unpaired) electrons. The number of anilines is 1. The van der Waals surface area contributed by atoms with Crippen LogP contribution in [0.15, 0.2) is 41.5 Å². The average Bonchev–Trinajstić information content (AvgIpc) is 3.21. The molecule has 1 aromatic carbocycles. The van der Waals surface area contributed by atoms with Crippen LogP contribution in [0.5, 0.6) is 5.75 Å². The summed E-state index contributed by atoms with van der Waals surface area (Å²) in [5.41, 5.74) is 1.09. The highest BCUT2D eigenvalue weighted by atomic mass is 16.5. The van der Waals surface area contributed by atoms with Crippen LogP contribution in [0.4, 0.5) is 5.82 Å². The molecule has 1 saturated heterocycles. The maximum absolute atomic E-state index is 12.0. The number of para-hydroxylation sites is 1. The Balaban J connectivity index is 1.37. The van der Waals surface area contributed by atoms with Crippen molar-refractivity contribution in [3.8, 4) is 5.75 Å². The number of piperidine rings is 1. The molecule has 27 heavy (non-hydrogen) atoms. The van der Waals surface area contributed by atoms with Crippen LogP contribution in [0.2, 0.25) is 0 Å². The van der Waals surface area contributed by atoms with E-state index in [1.807, 2.05) is 6.07 Å². The molecule has 4 rings (SSSR count). The van der Waals surface area contributed by atoms with Crippen molar-refractivity contribution in [2.45, 2.75) is 57.2 Å². The first-order valence-electron chi connectivity index (χ1n) is 10.1. The molecule has 1 aliphatic heterocycles. The molecule has 1 atom stereocenters. The molecule has 0 unspecified atom stereocenters. The Kier molecular flexibility index (Phi) is 5.72. The van der Waals surface area contributed by atoms with Gasteiger partial charge in [0.2, 0.25) is 0 Å². The van der Waals surface area contributed by atoms with Gasteiger partial charge in [0.05, 0.1) is 6.10 Å². The second-order valence-electron chi connectivity index (χ2n) is 7.54. The summed E-state index contributed by atoms with van der Waals surface area (Å²) >= 11 is 0. The molecule has 144 valence electrons. The Morgan fingerprint density at radius 1 is 1.19 bits per heavy atom. The lowest BCUT2D eigenvalue weighted by atomic mass is 10.0. The van der Waals surface area contributed by atoms with E-state index in [0.29, 0.717) is 18.0 Å². The monoisotopic (exact) mass is 368 g/mol. The molecule has 2 aromatic rings. The van der Waals surface area contributed by atoms with Crippen molar-refractivity contribution in [1.82, 2.24) is 15.3 Å². The van der Waals surface area contributed by atoms with E-state index in [1.54, 1.807) is 12.4 Å². The predicted molar refractivity (Wildman–Crippen MR) is 106 cm³/mol. The fourth-order valence-electron chi connectivity index (χ4n) is 4.11. The second kappa shape index (κ2) is 8.57. The van der Waals surface area contributed by atoms with E-state index in [0.717, 1.165) is 51.1 Å². The van der Waals surface area contributed by atoms with Crippen LogP contribution in [-0.2, 0) is 6.54 Å². The molecule has 1 aromatic heterocycles. The summed E-state index contributed by atoms with van der Waals surface area (Å²) in [4.78, 5) is 21.1. The molecule has 1 aliphatic carbocycles. The molecule has 2 fully saturated rings. The third-order valence-electron chi connectivity index (χ3n) is 5.56. The van der Waals surface area contributed by atoms with Gasteiger partial charge in [-0.05, 0) is 44.6 Å². The lowest BCUT2D eigenvalue weighted by Gasteiger charge is -2.33. The number of aromatic amines is 1. The summed E-state index contributed by atoms with van der Waals surface area (Å²) < 4.78 is 6.25. The zero-order chi connectivity index (χ0) is 18.5. The Labute approximate surface area is 160 Å². The summed E-state index contributed by atoms with van der Waals surface area (Å²) in [5.74, 6) is 1.53. The van der Waals surface area contributed by atoms with Crippen LogP contribution in [0.1, 0.15) is 44.1 Å². The number of nitrogens with one attached hydrogen (secondary N) is 2. The van der Waals surface area contributed by atoms with Crippen molar-refractivity contribution in [2.75, 3.05) is 18.0 Å². The van der Waals surface area contributed by atoms with Crippen LogP contribution < -0.4 is 20.5 Å². The Morgan fingerprint density at radius 3 is 2.89 bits per heavy atom. The van der Waals surface area contributed by atoms with Crippen LogP contribution in [0.3, 0.4) is 0 Å². The maximum Gasteiger partial charge on any atom is 0.290 e. The van der Waals surface area contributed by atoms with Gasteiger partial charge in [-0.1, -0.05) is 18.2 Å². The van der Waals surface area contributed by atoms with Gasteiger partial charge in [-0.3, -0.25) is 4.79 Å². The van der Waals surface area contributed by atoms with E-state index in [-0.39, 0.29) is 5.56 Å². The van der Waals surface area contributed by atoms with E-state index < -0.39 is 0 Å². The fourth-order valence-corrected chi connectivity index (χ4v) is 4.11. The van der Waals surface area contributed by atoms with Gasteiger partial charge in [0.25, 0.3) is 5.56 Å². The largest absolute Gasteiger partial charge is 0.490 e. The average molecular weight is 368 g/mol. The number of benzene rings is 1. The number of aromatic nitrogens is 2. The SMILES string of the molecule is O=c1[nH]ccnc1N1CCC[C@H](NCc2ccccc2OC2CCCC2)C1. The number of hydrogen-bond acceptors (Lipinski definition) is 5. The molecule has 6 heteroatoms. The molecule has 2 N–H and O–H groups in total. The standard InChI is InChI=1S/C21H28N4O2/c26-21-20(22-11-12-23-21)25-13-5-7-17(15-25)24-14-16-6-1-4-10-19(16)27-18-8-2-3-9-18/h1,4,6,10-12,17-18,24H,2-3,5,7-9,13-15H2,(H,23,26)/t17-/m0/s1. The van der Waals surface area contributed by atoms with Crippen molar-refractivity contribution in [1.29, 1.82) is 0 Å². The topological polar surface area (TPSA) is 70.2 Å². The first-order chi connectivity index (χ1) is 13.3. The van der Waals surface area contributed by atoms with E-state index in [2.05, 4.69) is 38.4 Å². The fraction of sp³-hybridized carbons (Fsp3) is 0.524. The van der Waals surface area contributed by atoms with Gasteiger partial charge in [0.15, 0.2) is 5.82 Å². The van der Waals surface area contributed by atoms with E-state index in [1.165, 1.54) is 18.4 Å². The van der Waals surface area contributed by atoms with Gasteiger partial charge in [-0.2, -0.15) is 0 Å². The van der Waals surface area contributed by atoms with Gasteiger partial charge in [0, 0.05) is 43.6 Å². The molecule has 2 heterocycles. The van der Waals surface area contributed by atoms with Gasteiger partial charge >= 0.3 is 0 Å². The summed E-state index contributed by atoms with van der Waals surface area (Å²) in [6.45, 7) is 2.45. The molecule has 1 saturated carbocycles. The minimum Gasteiger partial charge on any atom is -0.490 e. The predicted octanol–water partition coefficient (Wildman–Crippen LogP) is 2.85. The van der Waals surface area contributed by atoms with Crippen LogP contribution in [0, 0.1) is 0 Å². The number of ether oxygens (including phenoxy) is 1. The van der Waals surface area contributed by atoms with Crippen molar-refractivity contribution in [3.05, 3.63) is 52.6 Å². The van der Waals surface area contributed by atoms with E-state index in [4.69, 9.17) is 4.74 Å². The highest BCUT2D eigenvalue weighted by Gasteiger charge is 2.23. The minimum atomic E-state index is -0.117. The summed E-state index contributed by atoms with van der Waals surface area (Å²) in [6, 6.07) is 8.67. The summed E-state index contributed by atoms with van der Waals surface area (Å²) in [5, 5.41) is 3.66. The van der Waals surface area contributed by atoms with Gasteiger partial charge < -0.3 is 19.9 Å². The Bertz CT molecular complexity index is 801. The molecule has 6 nitrogen and oxygen atoms in total. The first-order valence-corrected chi connectivity index (χ1v) is 10.1. The van der Waals surface area contributed by atoms with Crippen LogP contribution in [0.25, 0.3) is 0 Å². The van der Waals surface area contributed by atoms with Crippen LogP contribution >= 0.6 is 0 Å². The molecular weight excluding hydrogens is 340 g/mol. The maximum atomic E-state index is 12.0. The van der Waals surface area contributed by atoms with Gasteiger partial charge in [-0.15, -0.1) is 0 Å². The van der Waals surface area contributed by atoms with Crippen molar-refractivity contribution >= 4 is 5.82 Å². The van der Waals surface area contributed by atoms with Crippen molar-refractivity contribution in [3.63, 3.8) is 0 Å². The quantitative estimate of drug-likeness (QED) is 0.820. The van der Waals surface area contributed by atoms with Crippen LogP contribution in [-0.4, -0.2) is 35.2 Å². The number of nitrogens with zero attached hydrogens (tertiary/aromatic N) is 2. The zero-order valence-corrected chi connectivity index (χ0v) is 15.7. The van der Waals surface area contributed by atoms with Crippen molar-refractivity contribution < 1.29 is 4.74 Å². The molecule has 2 aliphatic rings. The number of rotatable bonds is 6. The lowest BCUT2D eigenvalue weighted by molar-refractivity contribution is 0.207. The van der Waals surface area contributed by atoms with Gasteiger partial charge in [-0.25, -0.2) is 4.98 Å². The summed E-state index contributed by atoms with van der Waals surface area (Å²) in [6.07, 6.45) is 10.6. The lowest BCUT2D eigenvalue weighted by Crippen LogP contribution is -2.47. The van der Waals surface area contributed by atoms with E-state index >= 15 is 0 Å². The van der Waals surface area contributed by atoms with Gasteiger partial charge in [0.1, 0.15) is 5.75 Å². The number of H-pyrrole nitrogens is 1. The highest BCUT2D eigenvalue weighted by Crippen LogP contribution is 2.27. The molecule has 0 amide bonds. The molecule has 0 bridgehead atoms. The van der Waals surface area contributed by atoms with Crippen molar-refractivity contribution in [2.24, 2.45) is 0 Å². The Hall–Kier alpha value is -2.34. The number of hydrogen-bond donors (Lipinski definition) is 2. The third-order valence-corrected chi connectivity index (χ3v) is 5.56. The molecular formula is C21H28N4O2. The van der Waals surface area contributed by atoms with E-state index in [9.17, 15) is 4.79 Å². The molecule has 0 spiro atoms. The Morgan fingerprint density at radius 2 is 2.04 bits per heavy atom. The smallest absolute Gasteiger partial charge is 0.290 e. The zero-order valence-electron chi connectivity index (χ0n) is 15.7. The minimum absolute atomic E-state index is 0.117.